The van der Waals surface area contributed by atoms with E-state index in [2.05, 4.69) is 10.1 Å². The molecule has 0 spiro atoms. The topological polar surface area (TPSA) is 72.4 Å². The van der Waals surface area contributed by atoms with Crippen LogP contribution in [0.15, 0.2) is 27.3 Å². The van der Waals surface area contributed by atoms with E-state index in [0.29, 0.717) is 24.0 Å². The fourth-order valence-electron chi connectivity index (χ4n) is 2.42. The van der Waals surface area contributed by atoms with Crippen LogP contribution in [0.5, 0.6) is 0 Å². The minimum atomic E-state index is -0.146. The standard InChI is InChI=1S/C13H15N3O3/c1-9-14-12(19-15-9)10-5-2-3-7-16(10)13(17)11-6-4-8-18-11/h4,6,8,10H,2-3,5,7H2,1H3. The zero-order valence-corrected chi connectivity index (χ0v) is 10.7. The van der Waals surface area contributed by atoms with Crippen molar-refractivity contribution in [1.82, 2.24) is 15.0 Å². The zero-order chi connectivity index (χ0) is 13.2. The van der Waals surface area contributed by atoms with Gasteiger partial charge in [-0.15, -0.1) is 0 Å². The van der Waals surface area contributed by atoms with Crippen molar-refractivity contribution in [3.05, 3.63) is 35.9 Å². The number of amides is 1. The van der Waals surface area contributed by atoms with Gasteiger partial charge in [0.25, 0.3) is 5.91 Å². The van der Waals surface area contributed by atoms with Gasteiger partial charge in [0.1, 0.15) is 6.04 Å². The largest absolute Gasteiger partial charge is 0.459 e. The maximum absolute atomic E-state index is 12.4. The number of likely N-dealkylation sites (tertiary alicyclic amines) is 1. The Morgan fingerprint density at radius 3 is 3.05 bits per heavy atom. The maximum atomic E-state index is 12.4. The molecule has 0 aromatic carbocycles. The van der Waals surface area contributed by atoms with Gasteiger partial charge in [-0.25, -0.2) is 0 Å². The van der Waals surface area contributed by atoms with Crippen LogP contribution in [0, 0.1) is 6.92 Å². The molecule has 100 valence electrons. The lowest BCUT2D eigenvalue weighted by molar-refractivity contribution is 0.0529. The number of aryl methyl sites for hydroxylation is 1. The molecule has 6 heteroatoms. The number of piperidine rings is 1. The maximum Gasteiger partial charge on any atom is 0.290 e. The Morgan fingerprint density at radius 2 is 2.37 bits per heavy atom. The van der Waals surface area contributed by atoms with Crippen LogP contribution in [0.2, 0.25) is 0 Å². The summed E-state index contributed by atoms with van der Waals surface area (Å²) >= 11 is 0. The van der Waals surface area contributed by atoms with Gasteiger partial charge in [-0.05, 0) is 38.3 Å². The summed E-state index contributed by atoms with van der Waals surface area (Å²) < 4.78 is 10.4. The molecule has 0 saturated carbocycles. The van der Waals surface area contributed by atoms with Crippen molar-refractivity contribution in [2.24, 2.45) is 0 Å². The molecule has 1 aliphatic rings. The molecule has 0 bridgehead atoms. The quantitative estimate of drug-likeness (QED) is 0.829. The Labute approximate surface area is 110 Å². The molecule has 19 heavy (non-hydrogen) atoms. The van der Waals surface area contributed by atoms with Gasteiger partial charge >= 0.3 is 0 Å². The zero-order valence-electron chi connectivity index (χ0n) is 10.7. The van der Waals surface area contributed by atoms with E-state index in [0.717, 1.165) is 19.3 Å². The lowest BCUT2D eigenvalue weighted by atomic mass is 10.0. The molecule has 0 radical (unpaired) electrons. The first-order valence-corrected chi connectivity index (χ1v) is 6.40. The summed E-state index contributed by atoms with van der Waals surface area (Å²) in [6, 6.07) is 3.24. The minimum Gasteiger partial charge on any atom is -0.459 e. The highest BCUT2D eigenvalue weighted by molar-refractivity contribution is 5.91. The molecule has 1 unspecified atom stereocenters. The van der Waals surface area contributed by atoms with Crippen LogP contribution in [0.3, 0.4) is 0 Å². The van der Waals surface area contributed by atoms with E-state index in [9.17, 15) is 4.79 Å². The second-order valence-electron chi connectivity index (χ2n) is 4.67. The molecular weight excluding hydrogens is 246 g/mol. The van der Waals surface area contributed by atoms with Crippen molar-refractivity contribution < 1.29 is 13.7 Å². The third-order valence-electron chi connectivity index (χ3n) is 3.32. The van der Waals surface area contributed by atoms with Crippen LogP contribution < -0.4 is 0 Å². The van der Waals surface area contributed by atoms with Crippen molar-refractivity contribution in [2.45, 2.75) is 32.2 Å². The monoisotopic (exact) mass is 261 g/mol. The highest BCUT2D eigenvalue weighted by Gasteiger charge is 2.33. The van der Waals surface area contributed by atoms with Crippen LogP contribution in [0.25, 0.3) is 0 Å². The van der Waals surface area contributed by atoms with Crippen molar-refractivity contribution in [3.8, 4) is 0 Å². The van der Waals surface area contributed by atoms with E-state index < -0.39 is 0 Å². The lowest BCUT2D eigenvalue weighted by Crippen LogP contribution is -2.38. The Kier molecular flexibility index (Phi) is 3.06. The van der Waals surface area contributed by atoms with Gasteiger partial charge in [0.2, 0.25) is 5.89 Å². The Hall–Kier alpha value is -2.11. The normalized spacial score (nSPS) is 19.6. The number of hydrogen-bond donors (Lipinski definition) is 0. The second-order valence-corrected chi connectivity index (χ2v) is 4.67. The number of carbonyl (C=O) groups excluding carboxylic acids is 1. The number of carbonyl (C=O) groups is 1. The van der Waals surface area contributed by atoms with Crippen LogP contribution in [-0.4, -0.2) is 27.5 Å². The van der Waals surface area contributed by atoms with E-state index >= 15 is 0 Å². The summed E-state index contributed by atoms with van der Waals surface area (Å²) in [5, 5.41) is 3.80. The summed E-state index contributed by atoms with van der Waals surface area (Å²) in [4.78, 5) is 18.4. The molecule has 0 N–H and O–H groups in total. The Bertz CT molecular complexity index is 561. The second kappa shape index (κ2) is 4.87. The summed E-state index contributed by atoms with van der Waals surface area (Å²) in [7, 11) is 0. The van der Waals surface area contributed by atoms with Crippen LogP contribution in [0.1, 0.15) is 47.6 Å². The summed E-state index contributed by atoms with van der Waals surface area (Å²) in [6.45, 7) is 2.46. The van der Waals surface area contributed by atoms with E-state index in [4.69, 9.17) is 8.94 Å². The third kappa shape index (κ3) is 2.25. The van der Waals surface area contributed by atoms with E-state index in [1.165, 1.54) is 6.26 Å². The molecule has 2 aromatic rings. The van der Waals surface area contributed by atoms with Crippen LogP contribution >= 0.6 is 0 Å². The first-order chi connectivity index (χ1) is 9.25. The molecular formula is C13H15N3O3. The molecule has 2 aromatic heterocycles. The molecule has 6 nitrogen and oxygen atoms in total. The smallest absolute Gasteiger partial charge is 0.290 e. The molecule has 1 amide bonds. The van der Waals surface area contributed by atoms with Gasteiger partial charge in [0.15, 0.2) is 11.6 Å². The van der Waals surface area contributed by atoms with Gasteiger partial charge in [0, 0.05) is 6.54 Å². The number of furan rings is 1. The summed E-state index contributed by atoms with van der Waals surface area (Å²) in [6.07, 6.45) is 4.38. The summed E-state index contributed by atoms with van der Waals surface area (Å²) in [5.41, 5.74) is 0. The number of nitrogens with zero attached hydrogens (tertiary/aromatic N) is 3. The van der Waals surface area contributed by atoms with Gasteiger partial charge in [-0.2, -0.15) is 4.98 Å². The molecule has 1 atom stereocenters. The van der Waals surface area contributed by atoms with Gasteiger partial charge < -0.3 is 13.8 Å². The predicted octanol–water partition coefficient (Wildman–Crippen LogP) is 2.34. The number of aromatic nitrogens is 2. The first-order valence-electron chi connectivity index (χ1n) is 6.40. The predicted molar refractivity (Wildman–Crippen MR) is 65.4 cm³/mol. The molecule has 1 aliphatic heterocycles. The minimum absolute atomic E-state index is 0.120. The van der Waals surface area contributed by atoms with Crippen molar-refractivity contribution in [1.29, 1.82) is 0 Å². The van der Waals surface area contributed by atoms with Crippen molar-refractivity contribution in [3.63, 3.8) is 0 Å². The van der Waals surface area contributed by atoms with Crippen molar-refractivity contribution >= 4 is 5.91 Å². The van der Waals surface area contributed by atoms with Gasteiger partial charge in [-0.1, -0.05) is 5.16 Å². The fourth-order valence-corrected chi connectivity index (χ4v) is 2.42. The van der Waals surface area contributed by atoms with E-state index in [1.807, 2.05) is 0 Å². The molecule has 1 fully saturated rings. The fraction of sp³-hybridized carbons (Fsp3) is 0.462. The van der Waals surface area contributed by atoms with Gasteiger partial charge in [-0.3, -0.25) is 4.79 Å². The lowest BCUT2D eigenvalue weighted by Gasteiger charge is -2.32. The van der Waals surface area contributed by atoms with Crippen molar-refractivity contribution in [2.75, 3.05) is 6.54 Å². The number of hydrogen-bond acceptors (Lipinski definition) is 5. The van der Waals surface area contributed by atoms with Gasteiger partial charge in [0.05, 0.1) is 6.26 Å². The average Bonchev–Trinajstić information content (AvgIpc) is 3.09. The summed E-state index contributed by atoms with van der Waals surface area (Å²) in [5.74, 6) is 1.33. The Balaban J connectivity index is 1.87. The van der Waals surface area contributed by atoms with Crippen LogP contribution in [-0.2, 0) is 0 Å². The SMILES string of the molecule is Cc1noc(C2CCCCN2C(=O)c2ccco2)n1. The van der Waals surface area contributed by atoms with Crippen LogP contribution in [0.4, 0.5) is 0 Å². The molecule has 3 heterocycles. The molecule has 3 rings (SSSR count). The average molecular weight is 261 g/mol. The highest BCUT2D eigenvalue weighted by atomic mass is 16.5. The number of rotatable bonds is 2. The van der Waals surface area contributed by atoms with E-state index in [-0.39, 0.29) is 11.9 Å². The Morgan fingerprint density at radius 1 is 1.47 bits per heavy atom. The third-order valence-corrected chi connectivity index (χ3v) is 3.32. The molecule has 0 aliphatic carbocycles. The molecule has 1 saturated heterocycles. The van der Waals surface area contributed by atoms with E-state index in [1.54, 1.807) is 24.0 Å². The first kappa shape index (κ1) is 12.0. The highest BCUT2D eigenvalue weighted by Crippen LogP contribution is 2.31.